The third-order valence-corrected chi connectivity index (χ3v) is 5.42. The van der Waals surface area contributed by atoms with Gasteiger partial charge < -0.3 is 15.4 Å². The normalized spacial score (nSPS) is 11.3. The topological polar surface area (TPSA) is 94.0 Å². The summed E-state index contributed by atoms with van der Waals surface area (Å²) >= 11 is 1.61. The number of hydrogen-bond acceptors (Lipinski definition) is 7. The first-order chi connectivity index (χ1) is 15.0. The van der Waals surface area contributed by atoms with Gasteiger partial charge in [0.05, 0.1) is 24.7 Å². The number of carbonyl (C=O) groups is 1. The van der Waals surface area contributed by atoms with Crippen molar-refractivity contribution < 1.29 is 9.53 Å². The van der Waals surface area contributed by atoms with E-state index in [9.17, 15) is 4.79 Å². The van der Waals surface area contributed by atoms with E-state index >= 15 is 0 Å². The van der Waals surface area contributed by atoms with Crippen molar-refractivity contribution in [3.05, 3.63) is 41.6 Å². The van der Waals surface area contributed by atoms with Gasteiger partial charge in [-0.05, 0) is 25.5 Å². The number of nitrogens with zero attached hydrogens (tertiary/aromatic N) is 4. The summed E-state index contributed by atoms with van der Waals surface area (Å²) in [4.78, 5) is 21.9. The maximum atomic E-state index is 12.5. The highest BCUT2D eigenvalue weighted by Gasteiger charge is 2.15. The molecule has 1 aromatic carbocycles. The molecule has 0 fully saturated rings. The van der Waals surface area contributed by atoms with Gasteiger partial charge in [-0.1, -0.05) is 43.8 Å². The van der Waals surface area contributed by atoms with Crippen molar-refractivity contribution >= 4 is 34.5 Å². The first kappa shape index (κ1) is 23.0. The highest BCUT2D eigenvalue weighted by Crippen LogP contribution is 2.26. The molecule has 2 aromatic heterocycles. The fourth-order valence-corrected chi connectivity index (χ4v) is 3.79. The van der Waals surface area contributed by atoms with Gasteiger partial charge in [-0.3, -0.25) is 4.79 Å². The number of nitrogens with one attached hydrogen (secondary N) is 2. The Labute approximate surface area is 187 Å². The summed E-state index contributed by atoms with van der Waals surface area (Å²) in [5.41, 5.74) is 2.39. The quantitative estimate of drug-likeness (QED) is 0.267. The molecule has 0 saturated heterocycles. The molecule has 8 nitrogen and oxygen atoms in total. The monoisotopic (exact) mass is 442 g/mol. The number of fused-ring (bicyclic) bond motifs is 1. The fourth-order valence-electron chi connectivity index (χ4n) is 3.08. The highest BCUT2D eigenvalue weighted by atomic mass is 32.2. The summed E-state index contributed by atoms with van der Waals surface area (Å²) in [5.74, 6) is 0.668. The standard InChI is InChI=1S/C22H30N6O2S/c1-5-30-13-11-23-19-18-14-25-28(20(18)27-22(26-19)31-15(2)3)12-10-24-21(29)17-9-7-6-8-16(17)4/h6-9,14-15H,5,10-13H2,1-4H3,(H,24,29)(H,23,26,27). The van der Waals surface area contributed by atoms with E-state index < -0.39 is 0 Å². The molecule has 31 heavy (non-hydrogen) atoms. The predicted octanol–water partition coefficient (Wildman–Crippen LogP) is 3.51. The Hall–Kier alpha value is -2.65. The van der Waals surface area contributed by atoms with E-state index in [4.69, 9.17) is 9.72 Å². The number of aryl methyl sites for hydroxylation is 1. The molecule has 0 unspecified atom stereocenters. The minimum absolute atomic E-state index is 0.0847. The van der Waals surface area contributed by atoms with Crippen molar-refractivity contribution in [1.82, 2.24) is 25.1 Å². The van der Waals surface area contributed by atoms with Crippen LogP contribution in [0.3, 0.4) is 0 Å². The van der Waals surface area contributed by atoms with Crippen molar-refractivity contribution in [2.45, 2.75) is 44.6 Å². The molecule has 0 aliphatic rings. The van der Waals surface area contributed by atoms with Crippen LogP contribution in [0.15, 0.2) is 35.6 Å². The number of benzene rings is 1. The Balaban J connectivity index is 1.74. The molecule has 0 saturated carbocycles. The average Bonchev–Trinajstić information content (AvgIpc) is 3.14. The number of anilines is 1. The molecule has 2 heterocycles. The summed E-state index contributed by atoms with van der Waals surface area (Å²) in [7, 11) is 0. The number of rotatable bonds is 11. The molecular weight excluding hydrogens is 412 g/mol. The lowest BCUT2D eigenvalue weighted by molar-refractivity contribution is 0.0951. The van der Waals surface area contributed by atoms with Crippen molar-refractivity contribution in [1.29, 1.82) is 0 Å². The molecule has 0 bridgehead atoms. The lowest BCUT2D eigenvalue weighted by atomic mass is 10.1. The third-order valence-electron chi connectivity index (χ3n) is 4.56. The largest absolute Gasteiger partial charge is 0.380 e. The number of amides is 1. The van der Waals surface area contributed by atoms with Crippen LogP contribution in [-0.4, -0.2) is 57.2 Å². The van der Waals surface area contributed by atoms with Crippen LogP contribution >= 0.6 is 11.8 Å². The second-order valence-electron chi connectivity index (χ2n) is 7.32. The Morgan fingerprint density at radius 2 is 2.03 bits per heavy atom. The van der Waals surface area contributed by atoms with Crippen LogP contribution < -0.4 is 10.6 Å². The number of thioether (sulfide) groups is 1. The Morgan fingerprint density at radius 3 is 2.77 bits per heavy atom. The molecule has 0 aliphatic carbocycles. The van der Waals surface area contributed by atoms with Crippen LogP contribution in [-0.2, 0) is 11.3 Å². The Morgan fingerprint density at radius 1 is 1.23 bits per heavy atom. The van der Waals surface area contributed by atoms with Crippen LogP contribution in [0.2, 0.25) is 0 Å². The highest BCUT2D eigenvalue weighted by molar-refractivity contribution is 7.99. The molecule has 3 rings (SSSR count). The second-order valence-corrected chi connectivity index (χ2v) is 8.86. The Bertz CT molecular complexity index is 1020. The third kappa shape index (κ3) is 6.18. The van der Waals surface area contributed by atoms with Crippen LogP contribution in [0.4, 0.5) is 5.82 Å². The van der Waals surface area contributed by atoms with Crippen LogP contribution in [0, 0.1) is 6.92 Å². The first-order valence-corrected chi connectivity index (χ1v) is 11.4. The number of hydrogen-bond donors (Lipinski definition) is 2. The molecule has 0 atom stereocenters. The SMILES string of the molecule is CCOCCNc1nc(SC(C)C)nc2c1cnn2CCNC(=O)c1ccccc1C. The Kier molecular flexibility index (Phi) is 8.25. The maximum Gasteiger partial charge on any atom is 0.251 e. The van der Waals surface area contributed by atoms with Crippen molar-refractivity contribution in [2.24, 2.45) is 0 Å². The van der Waals surface area contributed by atoms with E-state index in [0.717, 1.165) is 22.4 Å². The zero-order valence-corrected chi connectivity index (χ0v) is 19.3. The minimum Gasteiger partial charge on any atom is -0.380 e. The summed E-state index contributed by atoms with van der Waals surface area (Å²) in [5, 5.41) is 12.7. The summed E-state index contributed by atoms with van der Waals surface area (Å²) in [6.45, 7) is 11.0. The molecule has 0 spiro atoms. The van der Waals surface area contributed by atoms with Gasteiger partial charge in [0.2, 0.25) is 0 Å². The lowest BCUT2D eigenvalue weighted by Crippen LogP contribution is -2.28. The lowest BCUT2D eigenvalue weighted by Gasteiger charge is -2.11. The van der Waals surface area contributed by atoms with E-state index in [1.165, 1.54) is 0 Å². The zero-order valence-electron chi connectivity index (χ0n) is 18.5. The van der Waals surface area contributed by atoms with Gasteiger partial charge in [0.1, 0.15) is 5.82 Å². The van der Waals surface area contributed by atoms with Crippen LogP contribution in [0.5, 0.6) is 0 Å². The van der Waals surface area contributed by atoms with Gasteiger partial charge in [-0.25, -0.2) is 14.6 Å². The minimum atomic E-state index is -0.0847. The van der Waals surface area contributed by atoms with Gasteiger partial charge in [0, 0.05) is 30.5 Å². The average molecular weight is 443 g/mol. The summed E-state index contributed by atoms with van der Waals surface area (Å²) < 4.78 is 7.23. The maximum absolute atomic E-state index is 12.5. The van der Waals surface area contributed by atoms with E-state index in [2.05, 4.69) is 34.6 Å². The van der Waals surface area contributed by atoms with Crippen LogP contribution in [0.1, 0.15) is 36.7 Å². The summed E-state index contributed by atoms with van der Waals surface area (Å²) in [6.07, 6.45) is 1.77. The first-order valence-electron chi connectivity index (χ1n) is 10.5. The van der Waals surface area contributed by atoms with Gasteiger partial charge in [-0.2, -0.15) is 5.10 Å². The number of aromatic nitrogens is 4. The molecular formula is C22H30N6O2S. The molecule has 2 N–H and O–H groups in total. The van der Waals surface area contributed by atoms with E-state index in [0.29, 0.717) is 48.8 Å². The number of carbonyl (C=O) groups excluding carboxylic acids is 1. The molecule has 1 amide bonds. The predicted molar refractivity (Wildman–Crippen MR) is 125 cm³/mol. The van der Waals surface area contributed by atoms with E-state index in [1.54, 1.807) is 18.0 Å². The smallest absolute Gasteiger partial charge is 0.251 e. The van der Waals surface area contributed by atoms with Crippen molar-refractivity contribution in [3.8, 4) is 0 Å². The van der Waals surface area contributed by atoms with Gasteiger partial charge >= 0.3 is 0 Å². The number of ether oxygens (including phenoxy) is 1. The van der Waals surface area contributed by atoms with E-state index in [1.807, 2.05) is 42.8 Å². The molecule has 0 aliphatic heterocycles. The van der Waals surface area contributed by atoms with Gasteiger partial charge in [0.15, 0.2) is 10.8 Å². The molecule has 0 radical (unpaired) electrons. The van der Waals surface area contributed by atoms with Crippen LogP contribution in [0.25, 0.3) is 11.0 Å². The second kappa shape index (κ2) is 11.1. The molecule has 3 aromatic rings. The fraction of sp³-hybridized carbons (Fsp3) is 0.455. The zero-order chi connectivity index (χ0) is 22.2. The van der Waals surface area contributed by atoms with Gasteiger partial charge in [-0.15, -0.1) is 0 Å². The van der Waals surface area contributed by atoms with Crippen molar-refractivity contribution in [3.63, 3.8) is 0 Å². The molecule has 9 heteroatoms. The molecule has 166 valence electrons. The van der Waals surface area contributed by atoms with Gasteiger partial charge in [0.25, 0.3) is 5.91 Å². The van der Waals surface area contributed by atoms with E-state index in [-0.39, 0.29) is 5.91 Å². The summed E-state index contributed by atoms with van der Waals surface area (Å²) in [6, 6.07) is 7.56. The van der Waals surface area contributed by atoms with Crippen molar-refractivity contribution in [2.75, 3.05) is 31.6 Å².